The van der Waals surface area contributed by atoms with Crippen molar-refractivity contribution >= 4 is 29.5 Å². The van der Waals surface area contributed by atoms with Crippen LogP contribution in [0.15, 0.2) is 35.5 Å². The molecule has 0 N–H and O–H groups in total. The van der Waals surface area contributed by atoms with Gasteiger partial charge in [-0.05, 0) is 50.3 Å². The summed E-state index contributed by atoms with van der Waals surface area (Å²) in [7, 11) is 0. The van der Waals surface area contributed by atoms with E-state index in [2.05, 4.69) is 31.7 Å². The van der Waals surface area contributed by atoms with Crippen molar-refractivity contribution in [2.45, 2.75) is 69.7 Å². The van der Waals surface area contributed by atoms with E-state index >= 15 is 0 Å². The van der Waals surface area contributed by atoms with Crippen LogP contribution in [0.3, 0.4) is 0 Å². The highest BCUT2D eigenvalue weighted by atomic mass is 32.2. The van der Waals surface area contributed by atoms with Crippen LogP contribution in [0.5, 0.6) is 0 Å². The van der Waals surface area contributed by atoms with Gasteiger partial charge in [0.05, 0.1) is 18.2 Å². The van der Waals surface area contributed by atoms with Crippen molar-refractivity contribution in [3.05, 3.63) is 47.2 Å². The fourth-order valence-electron chi connectivity index (χ4n) is 4.67. The normalized spacial score (nSPS) is 16.9. The number of amides is 1. The summed E-state index contributed by atoms with van der Waals surface area (Å²) in [6.45, 7) is 12.0. The van der Waals surface area contributed by atoms with E-state index in [-0.39, 0.29) is 23.2 Å². The molecule has 0 saturated carbocycles. The molecule has 2 aliphatic rings. The van der Waals surface area contributed by atoms with E-state index < -0.39 is 0 Å². The predicted molar refractivity (Wildman–Crippen MR) is 143 cm³/mol. The van der Waals surface area contributed by atoms with Gasteiger partial charge in [-0.3, -0.25) is 9.59 Å². The summed E-state index contributed by atoms with van der Waals surface area (Å²) in [6, 6.07) is 9.97. The van der Waals surface area contributed by atoms with E-state index in [1.54, 1.807) is 11.8 Å². The van der Waals surface area contributed by atoms with E-state index in [9.17, 15) is 9.59 Å². The van der Waals surface area contributed by atoms with Crippen molar-refractivity contribution in [1.29, 1.82) is 0 Å². The number of rotatable bonds is 7. The fraction of sp³-hybridized carbons (Fsp3) is 0.571. The van der Waals surface area contributed by atoms with Gasteiger partial charge in [-0.25, -0.2) is 9.97 Å². The van der Waals surface area contributed by atoms with Gasteiger partial charge >= 0.3 is 5.97 Å². The number of ether oxygens (including phenoxy) is 1. The molecular formula is C28H38N4O3S. The summed E-state index contributed by atoms with van der Waals surface area (Å²) in [5.74, 6) is 1.48. The monoisotopic (exact) mass is 510 g/mol. The van der Waals surface area contributed by atoms with Crippen LogP contribution in [0, 0.1) is 5.92 Å². The topological polar surface area (TPSA) is 75.6 Å². The molecule has 36 heavy (non-hydrogen) atoms. The van der Waals surface area contributed by atoms with Gasteiger partial charge in [-0.2, -0.15) is 0 Å². The van der Waals surface area contributed by atoms with Crippen molar-refractivity contribution in [3.8, 4) is 0 Å². The first-order valence-electron chi connectivity index (χ1n) is 13.1. The molecule has 1 aromatic heterocycles. The highest BCUT2D eigenvalue weighted by Gasteiger charge is 2.29. The van der Waals surface area contributed by atoms with Crippen LogP contribution in [0.2, 0.25) is 0 Å². The molecule has 8 heteroatoms. The fourth-order valence-corrected chi connectivity index (χ4v) is 5.47. The number of aromatic nitrogens is 2. The van der Waals surface area contributed by atoms with Crippen molar-refractivity contribution in [2.75, 3.05) is 37.7 Å². The first-order chi connectivity index (χ1) is 17.2. The molecule has 0 atom stereocenters. The van der Waals surface area contributed by atoms with Crippen LogP contribution < -0.4 is 4.90 Å². The molecule has 3 heterocycles. The lowest BCUT2D eigenvalue weighted by Gasteiger charge is -2.31. The molecule has 0 aliphatic carbocycles. The number of esters is 1. The van der Waals surface area contributed by atoms with Crippen LogP contribution in [0.4, 0.5) is 5.82 Å². The third kappa shape index (κ3) is 6.58. The zero-order chi connectivity index (χ0) is 25.7. The average molecular weight is 511 g/mol. The molecule has 1 aromatic carbocycles. The van der Waals surface area contributed by atoms with Gasteiger partial charge in [0, 0.05) is 49.0 Å². The van der Waals surface area contributed by atoms with Crippen LogP contribution in [0.1, 0.15) is 75.0 Å². The molecule has 0 spiro atoms. The van der Waals surface area contributed by atoms with E-state index in [0.717, 1.165) is 35.3 Å². The van der Waals surface area contributed by atoms with Gasteiger partial charge < -0.3 is 14.5 Å². The van der Waals surface area contributed by atoms with Gasteiger partial charge in [-0.1, -0.05) is 44.7 Å². The molecule has 2 aliphatic heterocycles. The Kier molecular flexibility index (Phi) is 8.54. The highest BCUT2D eigenvalue weighted by Crippen LogP contribution is 2.30. The second-order valence-electron chi connectivity index (χ2n) is 10.6. The first kappa shape index (κ1) is 26.5. The zero-order valence-electron chi connectivity index (χ0n) is 22.0. The summed E-state index contributed by atoms with van der Waals surface area (Å²) >= 11 is 1.62. The number of benzene rings is 1. The lowest BCUT2D eigenvalue weighted by molar-refractivity contribution is -0.149. The van der Waals surface area contributed by atoms with Gasteiger partial charge in [0.25, 0.3) is 5.91 Å². The Labute approximate surface area is 219 Å². The van der Waals surface area contributed by atoms with Crippen molar-refractivity contribution in [1.82, 2.24) is 14.9 Å². The molecule has 0 unspecified atom stereocenters. The van der Waals surface area contributed by atoms with E-state index in [1.807, 2.05) is 36.1 Å². The van der Waals surface area contributed by atoms with Crippen LogP contribution in [-0.2, 0) is 20.7 Å². The third-order valence-corrected chi connectivity index (χ3v) is 7.75. The van der Waals surface area contributed by atoms with Crippen molar-refractivity contribution < 1.29 is 14.3 Å². The minimum absolute atomic E-state index is 0.0199. The molecule has 4 rings (SSSR count). The Morgan fingerprint density at radius 2 is 1.78 bits per heavy atom. The van der Waals surface area contributed by atoms with Gasteiger partial charge in [0.15, 0.2) is 5.16 Å². The first-order valence-corrected chi connectivity index (χ1v) is 14.1. The Balaban J connectivity index is 1.41. The maximum absolute atomic E-state index is 13.1. The Hall–Kier alpha value is -2.61. The summed E-state index contributed by atoms with van der Waals surface area (Å²) in [6.07, 6.45) is 3.72. The quantitative estimate of drug-likeness (QED) is 0.292. The van der Waals surface area contributed by atoms with Gasteiger partial charge in [-0.15, -0.1) is 0 Å². The van der Waals surface area contributed by atoms with E-state index in [0.29, 0.717) is 43.9 Å². The number of carbonyl (C=O) groups is 2. The van der Waals surface area contributed by atoms with Gasteiger partial charge in [0.2, 0.25) is 0 Å². The molecular weight excluding hydrogens is 472 g/mol. The summed E-state index contributed by atoms with van der Waals surface area (Å²) in [5, 5.41) is 0.780. The number of piperidine rings is 1. The second kappa shape index (κ2) is 11.6. The highest BCUT2D eigenvalue weighted by molar-refractivity contribution is 7.98. The maximum atomic E-state index is 13.1. The molecule has 2 saturated heterocycles. The van der Waals surface area contributed by atoms with E-state index in [4.69, 9.17) is 14.7 Å². The number of hydrogen-bond acceptors (Lipinski definition) is 7. The number of carbonyl (C=O) groups excluding carboxylic acids is 2. The van der Waals surface area contributed by atoms with E-state index in [1.165, 1.54) is 12.8 Å². The van der Waals surface area contributed by atoms with Crippen LogP contribution >= 0.6 is 11.8 Å². The molecule has 0 bridgehead atoms. The standard InChI is InChI=1S/C28H38N4O3S/c1-5-35-26(34)21-11-15-32(16-12-21)25(33)22-10-8-9-20(17-22)19-36-27-29-23(28(2,3)4)18-24(30-27)31-13-6-7-14-31/h8-10,17-18,21H,5-7,11-16,19H2,1-4H3. The van der Waals surface area contributed by atoms with Crippen molar-refractivity contribution in [3.63, 3.8) is 0 Å². The molecule has 0 radical (unpaired) electrons. The molecule has 2 aromatic rings. The minimum Gasteiger partial charge on any atom is -0.466 e. The largest absolute Gasteiger partial charge is 0.466 e. The number of thioether (sulfide) groups is 1. The van der Waals surface area contributed by atoms with Crippen LogP contribution in [-0.4, -0.2) is 59.5 Å². The summed E-state index contributed by atoms with van der Waals surface area (Å²) in [4.78, 5) is 39.1. The summed E-state index contributed by atoms with van der Waals surface area (Å²) < 4.78 is 5.15. The molecule has 7 nitrogen and oxygen atoms in total. The molecule has 1 amide bonds. The lowest BCUT2D eigenvalue weighted by Crippen LogP contribution is -2.40. The predicted octanol–water partition coefficient (Wildman–Crippen LogP) is 5.08. The molecule has 194 valence electrons. The number of hydrogen-bond donors (Lipinski definition) is 0. The summed E-state index contributed by atoms with van der Waals surface area (Å²) in [5.41, 5.74) is 2.75. The second-order valence-corrected chi connectivity index (χ2v) is 11.6. The molecule has 2 fully saturated rings. The SMILES string of the molecule is CCOC(=O)C1CCN(C(=O)c2cccc(CSc3nc(N4CCCC4)cc(C(C)(C)C)n3)c2)CC1. The van der Waals surface area contributed by atoms with Gasteiger partial charge in [0.1, 0.15) is 5.82 Å². The van der Waals surface area contributed by atoms with Crippen molar-refractivity contribution in [2.24, 2.45) is 5.92 Å². The average Bonchev–Trinajstić information content (AvgIpc) is 3.42. The Bertz CT molecular complexity index is 1070. The third-order valence-electron chi connectivity index (χ3n) is 6.83. The van der Waals surface area contributed by atoms with Crippen LogP contribution in [0.25, 0.3) is 0 Å². The smallest absolute Gasteiger partial charge is 0.309 e. The maximum Gasteiger partial charge on any atom is 0.309 e. The minimum atomic E-state index is -0.144. The zero-order valence-corrected chi connectivity index (χ0v) is 22.8. The number of nitrogens with zero attached hydrogens (tertiary/aromatic N) is 4. The number of anilines is 1. The Morgan fingerprint density at radius 3 is 2.44 bits per heavy atom. The lowest BCUT2D eigenvalue weighted by atomic mass is 9.92. The Morgan fingerprint density at radius 1 is 1.06 bits per heavy atom. The number of likely N-dealkylation sites (tertiary alicyclic amines) is 1.